The third kappa shape index (κ3) is 6.17. The van der Waals surface area contributed by atoms with Crippen molar-refractivity contribution in [3.05, 3.63) is 29.6 Å². The molecule has 12 heteroatoms. The normalized spacial score (nSPS) is 16.9. The Hall–Kier alpha value is -2.99. The number of nitrogens with one attached hydrogen (secondary N) is 2. The Morgan fingerprint density at radius 2 is 2.06 bits per heavy atom. The molecule has 1 aliphatic rings. The number of fused-ring (bicyclic) bond motifs is 1. The van der Waals surface area contributed by atoms with Crippen LogP contribution in [0.3, 0.4) is 0 Å². The lowest BCUT2D eigenvalue weighted by Gasteiger charge is -2.32. The molecule has 35 heavy (non-hydrogen) atoms. The summed E-state index contributed by atoms with van der Waals surface area (Å²) < 4.78 is 44.1. The summed E-state index contributed by atoms with van der Waals surface area (Å²) in [5, 5.41) is 11.4. The van der Waals surface area contributed by atoms with Crippen molar-refractivity contribution >= 4 is 28.6 Å². The van der Waals surface area contributed by atoms with Crippen LogP contribution in [-0.4, -0.2) is 69.8 Å². The lowest BCUT2D eigenvalue weighted by molar-refractivity contribution is -0.174. The molecule has 9 nitrogen and oxygen atoms in total. The van der Waals surface area contributed by atoms with Crippen molar-refractivity contribution in [2.24, 2.45) is 0 Å². The molecule has 0 spiro atoms. The summed E-state index contributed by atoms with van der Waals surface area (Å²) in [6, 6.07) is 4.08. The molecular weight excluding hydrogens is 461 g/mol. The lowest BCUT2D eigenvalue weighted by Crippen LogP contribution is -2.49. The monoisotopic (exact) mass is 492 g/mol. The number of piperazine rings is 1. The van der Waals surface area contributed by atoms with E-state index < -0.39 is 12.8 Å². The zero-order valence-corrected chi connectivity index (χ0v) is 20.4. The minimum Gasteiger partial charge on any atom is -0.370 e. The van der Waals surface area contributed by atoms with Crippen LogP contribution in [-0.2, 0) is 11.3 Å². The molecule has 3 aromatic rings. The minimum absolute atomic E-state index is 0.0462. The van der Waals surface area contributed by atoms with E-state index in [-0.39, 0.29) is 25.1 Å². The summed E-state index contributed by atoms with van der Waals surface area (Å²) in [4.78, 5) is 16.3. The highest BCUT2D eigenvalue weighted by Gasteiger charge is 2.28. The number of anilines is 3. The van der Waals surface area contributed by atoms with Gasteiger partial charge in [0.15, 0.2) is 5.82 Å². The van der Waals surface area contributed by atoms with E-state index in [0.717, 1.165) is 30.9 Å². The summed E-state index contributed by atoms with van der Waals surface area (Å²) in [6.45, 7) is 9.09. The Bertz CT molecular complexity index is 1150. The van der Waals surface area contributed by atoms with Gasteiger partial charge in [-0.3, -0.25) is 4.68 Å². The topological polar surface area (TPSA) is 93.0 Å². The number of alkyl halides is 3. The van der Waals surface area contributed by atoms with Gasteiger partial charge in [0.05, 0.1) is 18.8 Å². The Balaban J connectivity index is 1.76. The van der Waals surface area contributed by atoms with Crippen LogP contribution in [0.4, 0.5) is 30.8 Å². The third-order valence-electron chi connectivity index (χ3n) is 5.67. The maximum atomic E-state index is 12.5. The fraction of sp³-hybridized carbons (Fsp3) is 0.565. The Kier molecular flexibility index (Phi) is 7.41. The van der Waals surface area contributed by atoms with Gasteiger partial charge in [0.1, 0.15) is 23.5 Å². The van der Waals surface area contributed by atoms with Gasteiger partial charge >= 0.3 is 6.18 Å². The molecule has 0 saturated carbocycles. The zero-order valence-electron chi connectivity index (χ0n) is 20.4. The van der Waals surface area contributed by atoms with Gasteiger partial charge in [-0.25, -0.2) is 9.97 Å². The molecule has 4 heterocycles. The van der Waals surface area contributed by atoms with E-state index in [9.17, 15) is 13.2 Å². The average molecular weight is 493 g/mol. The quantitative estimate of drug-likeness (QED) is 0.459. The first-order valence-electron chi connectivity index (χ1n) is 11.7. The van der Waals surface area contributed by atoms with Gasteiger partial charge in [0, 0.05) is 31.9 Å². The SMILES string of the molecule is Cc1ccc(Nc2nc(N3CCN[C@H](C)C3)nc3c(C(C)C)nn(CCOCC(F)(F)F)c23)nc1. The summed E-state index contributed by atoms with van der Waals surface area (Å²) >= 11 is 0. The Morgan fingerprint density at radius 1 is 1.26 bits per heavy atom. The van der Waals surface area contributed by atoms with Crippen LogP contribution < -0.4 is 15.5 Å². The molecule has 0 unspecified atom stereocenters. The molecule has 0 radical (unpaired) electrons. The zero-order chi connectivity index (χ0) is 25.2. The molecule has 1 atom stereocenters. The maximum Gasteiger partial charge on any atom is 0.411 e. The average Bonchev–Trinajstić information content (AvgIpc) is 3.17. The van der Waals surface area contributed by atoms with Gasteiger partial charge < -0.3 is 20.3 Å². The molecule has 0 aromatic carbocycles. The highest BCUT2D eigenvalue weighted by atomic mass is 19.4. The van der Waals surface area contributed by atoms with Crippen molar-refractivity contribution in [3.8, 4) is 0 Å². The molecule has 0 amide bonds. The number of hydrogen-bond acceptors (Lipinski definition) is 8. The van der Waals surface area contributed by atoms with Crippen molar-refractivity contribution in [2.45, 2.75) is 52.4 Å². The second kappa shape index (κ2) is 10.3. The van der Waals surface area contributed by atoms with Crippen LogP contribution in [0.1, 0.15) is 37.9 Å². The highest BCUT2D eigenvalue weighted by Crippen LogP contribution is 2.31. The fourth-order valence-corrected chi connectivity index (χ4v) is 3.99. The van der Waals surface area contributed by atoms with Crippen molar-refractivity contribution < 1.29 is 17.9 Å². The van der Waals surface area contributed by atoms with Crippen molar-refractivity contribution in [3.63, 3.8) is 0 Å². The largest absolute Gasteiger partial charge is 0.411 e. The van der Waals surface area contributed by atoms with Gasteiger partial charge in [-0.05, 0) is 31.4 Å². The summed E-state index contributed by atoms with van der Waals surface area (Å²) in [5.74, 6) is 1.73. The van der Waals surface area contributed by atoms with Gasteiger partial charge in [-0.1, -0.05) is 19.9 Å². The molecule has 1 aliphatic heterocycles. The number of aryl methyl sites for hydroxylation is 1. The van der Waals surface area contributed by atoms with Crippen LogP contribution in [0.2, 0.25) is 0 Å². The second-order valence-electron chi connectivity index (χ2n) is 9.15. The number of halogens is 3. The molecule has 0 aliphatic carbocycles. The van der Waals surface area contributed by atoms with E-state index in [1.165, 1.54) is 0 Å². The number of nitrogens with zero attached hydrogens (tertiary/aromatic N) is 6. The fourth-order valence-electron chi connectivity index (χ4n) is 3.99. The first-order valence-corrected chi connectivity index (χ1v) is 11.7. The molecule has 2 N–H and O–H groups in total. The summed E-state index contributed by atoms with van der Waals surface area (Å²) in [6.07, 6.45) is -2.63. The van der Waals surface area contributed by atoms with Crippen LogP contribution in [0, 0.1) is 6.92 Å². The van der Waals surface area contributed by atoms with E-state index in [2.05, 4.69) is 27.4 Å². The Labute approximate surface area is 202 Å². The molecule has 4 rings (SSSR count). The van der Waals surface area contributed by atoms with Gasteiger partial charge in [0.25, 0.3) is 0 Å². The molecular formula is C23H31F3N8O. The molecule has 190 valence electrons. The maximum absolute atomic E-state index is 12.5. The Morgan fingerprint density at radius 3 is 2.71 bits per heavy atom. The highest BCUT2D eigenvalue weighted by molar-refractivity contribution is 5.90. The predicted molar refractivity (Wildman–Crippen MR) is 128 cm³/mol. The van der Waals surface area contributed by atoms with Gasteiger partial charge in [-0.2, -0.15) is 23.3 Å². The standard InChI is InChI=1S/C23H31F3N8O/c1-14(2)18-19-20(34(32-18)9-10-35-13-23(24,25)26)21(29-17-6-5-15(3)11-28-17)31-22(30-19)33-8-7-27-16(4)12-33/h5-6,11,14,16,27H,7-10,12-13H2,1-4H3,(H,28,29,30,31)/t16-/m1/s1. The number of hydrogen-bond donors (Lipinski definition) is 2. The van der Waals surface area contributed by atoms with Gasteiger partial charge in [-0.15, -0.1) is 0 Å². The van der Waals surface area contributed by atoms with E-state index >= 15 is 0 Å². The van der Waals surface area contributed by atoms with Crippen LogP contribution in [0.15, 0.2) is 18.3 Å². The van der Waals surface area contributed by atoms with Crippen LogP contribution in [0.25, 0.3) is 11.0 Å². The predicted octanol–water partition coefficient (Wildman–Crippen LogP) is 3.77. The summed E-state index contributed by atoms with van der Waals surface area (Å²) in [7, 11) is 0. The van der Waals surface area contributed by atoms with E-state index in [0.29, 0.717) is 28.6 Å². The second-order valence-corrected chi connectivity index (χ2v) is 9.15. The third-order valence-corrected chi connectivity index (χ3v) is 5.67. The molecule has 1 saturated heterocycles. The smallest absolute Gasteiger partial charge is 0.370 e. The van der Waals surface area contributed by atoms with Crippen molar-refractivity contribution in [1.29, 1.82) is 0 Å². The number of aromatic nitrogens is 5. The van der Waals surface area contributed by atoms with Crippen LogP contribution in [0.5, 0.6) is 0 Å². The molecule has 3 aromatic heterocycles. The van der Waals surface area contributed by atoms with Gasteiger partial charge in [0.2, 0.25) is 5.95 Å². The molecule has 1 fully saturated rings. The number of rotatable bonds is 8. The number of pyridine rings is 1. The first kappa shape index (κ1) is 25.1. The summed E-state index contributed by atoms with van der Waals surface area (Å²) in [5.41, 5.74) is 3.05. The minimum atomic E-state index is -4.38. The van der Waals surface area contributed by atoms with Crippen molar-refractivity contribution in [1.82, 2.24) is 30.0 Å². The van der Waals surface area contributed by atoms with Crippen molar-refractivity contribution in [2.75, 3.05) is 43.1 Å². The van der Waals surface area contributed by atoms with E-state index in [1.807, 2.05) is 32.9 Å². The molecule has 0 bridgehead atoms. The number of ether oxygens (including phenoxy) is 1. The van der Waals surface area contributed by atoms with Crippen LogP contribution >= 0.6 is 0 Å². The van der Waals surface area contributed by atoms with E-state index in [4.69, 9.17) is 19.8 Å². The first-order chi connectivity index (χ1) is 16.6. The van der Waals surface area contributed by atoms with E-state index in [1.54, 1.807) is 10.9 Å². The lowest BCUT2D eigenvalue weighted by atomic mass is 10.1.